The number of ether oxygens (including phenoxy) is 1. The molecule has 0 saturated carbocycles. The first-order valence-electron chi connectivity index (χ1n) is 5.37. The number of aliphatic hydroxyl groups is 1. The Bertz CT molecular complexity index is 374. The SMILES string of the molecule is CC(N)(COc1ccc(CCO)cc1)C(N)=O. The van der Waals surface area contributed by atoms with Crippen LogP contribution in [0.4, 0.5) is 0 Å². The zero-order valence-electron chi connectivity index (χ0n) is 9.85. The second-order valence-corrected chi connectivity index (χ2v) is 4.19. The summed E-state index contributed by atoms with van der Waals surface area (Å²) in [6.45, 7) is 1.67. The van der Waals surface area contributed by atoms with Crippen molar-refractivity contribution in [3.8, 4) is 5.75 Å². The van der Waals surface area contributed by atoms with E-state index in [0.29, 0.717) is 12.2 Å². The van der Waals surface area contributed by atoms with Crippen LogP contribution in [0.15, 0.2) is 24.3 Å². The van der Waals surface area contributed by atoms with Gasteiger partial charge in [0.05, 0.1) is 0 Å². The smallest absolute Gasteiger partial charge is 0.240 e. The highest BCUT2D eigenvalue weighted by Crippen LogP contribution is 2.14. The Morgan fingerprint density at radius 2 is 2.00 bits per heavy atom. The fourth-order valence-corrected chi connectivity index (χ4v) is 1.19. The third-order valence-corrected chi connectivity index (χ3v) is 2.43. The fourth-order valence-electron chi connectivity index (χ4n) is 1.19. The average molecular weight is 238 g/mol. The molecule has 1 amide bonds. The molecule has 5 heteroatoms. The average Bonchev–Trinajstić information content (AvgIpc) is 2.28. The quantitative estimate of drug-likeness (QED) is 0.639. The summed E-state index contributed by atoms with van der Waals surface area (Å²) in [4.78, 5) is 11.0. The van der Waals surface area contributed by atoms with Crippen molar-refractivity contribution in [3.05, 3.63) is 29.8 Å². The number of primary amides is 1. The van der Waals surface area contributed by atoms with Crippen LogP contribution in [0.2, 0.25) is 0 Å². The number of rotatable bonds is 6. The van der Waals surface area contributed by atoms with Crippen LogP contribution in [0.5, 0.6) is 5.75 Å². The normalized spacial score (nSPS) is 14.1. The van der Waals surface area contributed by atoms with E-state index < -0.39 is 11.4 Å². The van der Waals surface area contributed by atoms with E-state index in [0.717, 1.165) is 5.56 Å². The lowest BCUT2D eigenvalue weighted by Crippen LogP contribution is -2.53. The van der Waals surface area contributed by atoms with Crippen molar-refractivity contribution < 1.29 is 14.6 Å². The van der Waals surface area contributed by atoms with Crippen LogP contribution in [0, 0.1) is 0 Å². The molecule has 0 bridgehead atoms. The minimum Gasteiger partial charge on any atom is -0.491 e. The van der Waals surface area contributed by atoms with Gasteiger partial charge in [0.15, 0.2) is 0 Å². The topological polar surface area (TPSA) is 98.6 Å². The van der Waals surface area contributed by atoms with Gasteiger partial charge in [-0.15, -0.1) is 0 Å². The molecule has 0 aliphatic rings. The maximum atomic E-state index is 11.0. The van der Waals surface area contributed by atoms with E-state index in [-0.39, 0.29) is 13.2 Å². The second-order valence-electron chi connectivity index (χ2n) is 4.19. The highest BCUT2D eigenvalue weighted by molar-refractivity contribution is 5.84. The van der Waals surface area contributed by atoms with Crippen molar-refractivity contribution in [2.75, 3.05) is 13.2 Å². The first-order valence-corrected chi connectivity index (χ1v) is 5.37. The largest absolute Gasteiger partial charge is 0.491 e. The minimum absolute atomic E-state index is 0.0294. The first-order chi connectivity index (χ1) is 7.95. The summed E-state index contributed by atoms with van der Waals surface area (Å²) in [5, 5.41) is 8.76. The predicted molar refractivity (Wildman–Crippen MR) is 64.5 cm³/mol. The molecule has 17 heavy (non-hydrogen) atoms. The van der Waals surface area contributed by atoms with Crippen LogP contribution in [-0.2, 0) is 11.2 Å². The number of amides is 1. The van der Waals surface area contributed by atoms with E-state index in [2.05, 4.69) is 0 Å². The summed E-state index contributed by atoms with van der Waals surface area (Å²) in [7, 11) is 0. The molecular formula is C12H18N2O3. The van der Waals surface area contributed by atoms with E-state index in [4.69, 9.17) is 21.3 Å². The molecule has 1 unspecified atom stereocenters. The number of hydrogen-bond acceptors (Lipinski definition) is 4. The van der Waals surface area contributed by atoms with Gasteiger partial charge in [-0.05, 0) is 31.0 Å². The number of carbonyl (C=O) groups excluding carboxylic acids is 1. The predicted octanol–water partition coefficient (Wildman–Crippen LogP) is -0.197. The first kappa shape index (κ1) is 13.5. The molecule has 1 atom stereocenters. The molecule has 94 valence electrons. The van der Waals surface area contributed by atoms with E-state index in [9.17, 15) is 4.79 Å². The third kappa shape index (κ3) is 4.05. The Morgan fingerprint density at radius 3 is 2.47 bits per heavy atom. The molecule has 0 heterocycles. The molecule has 0 aliphatic heterocycles. The minimum atomic E-state index is -1.18. The molecule has 1 rings (SSSR count). The molecule has 5 nitrogen and oxygen atoms in total. The van der Waals surface area contributed by atoms with Gasteiger partial charge >= 0.3 is 0 Å². The van der Waals surface area contributed by atoms with Crippen molar-refractivity contribution >= 4 is 5.91 Å². The second kappa shape index (κ2) is 5.65. The Labute approximate surface area is 100 Å². The van der Waals surface area contributed by atoms with Gasteiger partial charge in [0.1, 0.15) is 17.9 Å². The van der Waals surface area contributed by atoms with Gasteiger partial charge in [0.25, 0.3) is 0 Å². The monoisotopic (exact) mass is 238 g/mol. The third-order valence-electron chi connectivity index (χ3n) is 2.43. The molecule has 1 aromatic rings. The molecule has 0 aliphatic carbocycles. The fraction of sp³-hybridized carbons (Fsp3) is 0.417. The van der Waals surface area contributed by atoms with Gasteiger partial charge < -0.3 is 21.3 Å². The van der Waals surface area contributed by atoms with Crippen LogP contribution in [0.25, 0.3) is 0 Å². The highest BCUT2D eigenvalue weighted by Gasteiger charge is 2.26. The Hall–Kier alpha value is -1.59. The lowest BCUT2D eigenvalue weighted by molar-refractivity contribution is -0.123. The molecule has 1 aromatic carbocycles. The van der Waals surface area contributed by atoms with E-state index >= 15 is 0 Å². The van der Waals surface area contributed by atoms with Crippen molar-refractivity contribution in [1.29, 1.82) is 0 Å². The van der Waals surface area contributed by atoms with Crippen molar-refractivity contribution in [2.24, 2.45) is 11.5 Å². The standard InChI is InChI=1S/C12H18N2O3/c1-12(14,11(13)16)8-17-10-4-2-9(3-5-10)6-7-15/h2-5,15H,6-8,14H2,1H3,(H2,13,16). The number of nitrogens with two attached hydrogens (primary N) is 2. The van der Waals surface area contributed by atoms with Crippen molar-refractivity contribution in [2.45, 2.75) is 18.9 Å². The van der Waals surface area contributed by atoms with Crippen molar-refractivity contribution in [1.82, 2.24) is 0 Å². The molecule has 0 aromatic heterocycles. The van der Waals surface area contributed by atoms with Gasteiger partial charge in [-0.3, -0.25) is 4.79 Å². The van der Waals surface area contributed by atoms with Crippen LogP contribution in [0.3, 0.4) is 0 Å². The molecular weight excluding hydrogens is 220 g/mol. The van der Waals surface area contributed by atoms with Crippen LogP contribution in [0.1, 0.15) is 12.5 Å². The summed E-state index contributed by atoms with van der Waals surface area (Å²) >= 11 is 0. The number of benzene rings is 1. The van der Waals surface area contributed by atoms with Crippen molar-refractivity contribution in [3.63, 3.8) is 0 Å². The number of hydrogen-bond donors (Lipinski definition) is 3. The zero-order valence-corrected chi connectivity index (χ0v) is 9.85. The molecule has 0 fully saturated rings. The summed E-state index contributed by atoms with van der Waals surface area (Å²) in [5.74, 6) is 0.0130. The molecule has 0 saturated heterocycles. The van der Waals surface area contributed by atoms with Crippen LogP contribution in [-0.4, -0.2) is 29.8 Å². The lowest BCUT2D eigenvalue weighted by Gasteiger charge is -2.20. The molecule has 5 N–H and O–H groups in total. The molecule has 0 radical (unpaired) electrons. The summed E-state index contributed by atoms with van der Waals surface area (Å²) in [5.41, 5.74) is 10.6. The van der Waals surface area contributed by atoms with Gasteiger partial charge in [0.2, 0.25) is 5.91 Å². The maximum absolute atomic E-state index is 11.0. The van der Waals surface area contributed by atoms with Gasteiger partial charge in [-0.25, -0.2) is 0 Å². The van der Waals surface area contributed by atoms with E-state index in [1.54, 1.807) is 12.1 Å². The summed E-state index contributed by atoms with van der Waals surface area (Å²) < 4.78 is 5.38. The van der Waals surface area contributed by atoms with E-state index in [1.807, 2.05) is 12.1 Å². The van der Waals surface area contributed by atoms with Gasteiger partial charge in [-0.1, -0.05) is 12.1 Å². The molecule has 0 spiro atoms. The Kier molecular flexibility index (Phi) is 4.48. The van der Waals surface area contributed by atoms with E-state index in [1.165, 1.54) is 6.92 Å². The van der Waals surface area contributed by atoms with Crippen LogP contribution < -0.4 is 16.2 Å². The summed E-state index contributed by atoms with van der Waals surface area (Å²) in [6, 6.07) is 7.23. The zero-order chi connectivity index (χ0) is 12.9. The van der Waals surface area contributed by atoms with Gasteiger partial charge in [0, 0.05) is 6.61 Å². The maximum Gasteiger partial charge on any atom is 0.240 e. The summed E-state index contributed by atoms with van der Waals surface area (Å²) in [6.07, 6.45) is 0.607. The van der Waals surface area contributed by atoms with Gasteiger partial charge in [-0.2, -0.15) is 0 Å². The highest BCUT2D eigenvalue weighted by atomic mass is 16.5. The lowest BCUT2D eigenvalue weighted by atomic mass is 10.1. The number of carbonyl (C=O) groups is 1. The Morgan fingerprint density at radius 1 is 1.41 bits per heavy atom. The van der Waals surface area contributed by atoms with Crippen LogP contribution >= 0.6 is 0 Å². The number of aliphatic hydroxyl groups excluding tert-OH is 1. The Balaban J connectivity index is 2.55.